The van der Waals surface area contributed by atoms with E-state index in [1.807, 2.05) is 32.9 Å². The van der Waals surface area contributed by atoms with Crippen molar-refractivity contribution >= 4 is 5.97 Å². The van der Waals surface area contributed by atoms with Gasteiger partial charge < -0.3 is 14.9 Å². The van der Waals surface area contributed by atoms with Gasteiger partial charge in [-0.15, -0.1) is 0 Å². The van der Waals surface area contributed by atoms with Gasteiger partial charge >= 0.3 is 5.97 Å². The van der Waals surface area contributed by atoms with E-state index in [9.17, 15) is 15.0 Å². The topological polar surface area (TPSA) is 70.0 Å². The zero-order chi connectivity index (χ0) is 15.6. The molecule has 1 fully saturated rings. The number of likely N-dealkylation sites (N-methyl/N-ethyl adjacent to an activating group) is 1. The van der Waals surface area contributed by atoms with Crippen LogP contribution in [0.15, 0.2) is 12.1 Å². The molecule has 0 bridgehead atoms. The van der Waals surface area contributed by atoms with Gasteiger partial charge in [0.15, 0.2) is 0 Å². The van der Waals surface area contributed by atoms with Gasteiger partial charge in [-0.3, -0.25) is 9.69 Å². The van der Waals surface area contributed by atoms with E-state index >= 15 is 0 Å². The molecule has 0 aliphatic carbocycles. The van der Waals surface area contributed by atoms with Crippen molar-refractivity contribution in [1.29, 1.82) is 0 Å². The van der Waals surface area contributed by atoms with Gasteiger partial charge in [-0.05, 0) is 37.1 Å². The maximum absolute atomic E-state index is 11.3. The van der Waals surface area contributed by atoms with Gasteiger partial charge in [0.2, 0.25) is 0 Å². The molecular weight excluding hydrogens is 270 g/mol. The normalized spacial score (nSPS) is 21.9. The van der Waals surface area contributed by atoms with Crippen molar-refractivity contribution in [3.05, 3.63) is 28.8 Å². The average molecular weight is 293 g/mol. The number of phenols is 1. The molecule has 2 N–H and O–H groups in total. The Morgan fingerprint density at radius 3 is 2.48 bits per heavy atom. The second-order valence-electron chi connectivity index (χ2n) is 5.69. The van der Waals surface area contributed by atoms with Gasteiger partial charge in [0.1, 0.15) is 5.75 Å². The number of rotatable bonds is 5. The van der Waals surface area contributed by atoms with Crippen molar-refractivity contribution in [2.24, 2.45) is 5.92 Å². The van der Waals surface area contributed by atoms with Crippen molar-refractivity contribution in [1.82, 2.24) is 4.90 Å². The summed E-state index contributed by atoms with van der Waals surface area (Å²) in [7, 11) is 0. The van der Waals surface area contributed by atoms with E-state index < -0.39 is 11.9 Å². The second kappa shape index (κ2) is 6.45. The van der Waals surface area contributed by atoms with Gasteiger partial charge in [-0.1, -0.05) is 19.1 Å². The van der Waals surface area contributed by atoms with E-state index in [0.29, 0.717) is 18.9 Å². The Morgan fingerprint density at radius 2 is 1.95 bits per heavy atom. The number of benzene rings is 1. The van der Waals surface area contributed by atoms with E-state index in [2.05, 4.69) is 4.90 Å². The Kier molecular flexibility index (Phi) is 4.85. The maximum Gasteiger partial charge on any atom is 0.310 e. The minimum Gasteiger partial charge on any atom is -0.507 e. The molecule has 21 heavy (non-hydrogen) atoms. The fourth-order valence-electron chi connectivity index (χ4n) is 2.97. The number of aromatic hydroxyl groups is 1. The number of aryl methyl sites for hydroxylation is 2. The smallest absolute Gasteiger partial charge is 0.310 e. The molecule has 2 atom stereocenters. The highest BCUT2D eigenvalue weighted by Crippen LogP contribution is 2.26. The van der Waals surface area contributed by atoms with Gasteiger partial charge in [0.05, 0.1) is 19.1 Å². The first-order valence-electron chi connectivity index (χ1n) is 7.27. The van der Waals surface area contributed by atoms with Crippen LogP contribution in [0.25, 0.3) is 0 Å². The van der Waals surface area contributed by atoms with Crippen molar-refractivity contribution in [2.75, 3.05) is 19.8 Å². The Hall–Kier alpha value is -1.59. The Morgan fingerprint density at radius 1 is 1.33 bits per heavy atom. The highest BCUT2D eigenvalue weighted by atomic mass is 16.5. The zero-order valence-corrected chi connectivity index (χ0v) is 12.8. The van der Waals surface area contributed by atoms with E-state index in [-0.39, 0.29) is 12.6 Å². The van der Waals surface area contributed by atoms with Crippen LogP contribution in [-0.2, 0) is 16.1 Å². The van der Waals surface area contributed by atoms with E-state index in [4.69, 9.17) is 4.74 Å². The van der Waals surface area contributed by atoms with E-state index in [1.165, 1.54) is 0 Å². The molecule has 2 rings (SSSR count). The Labute approximate surface area is 125 Å². The summed E-state index contributed by atoms with van der Waals surface area (Å²) in [6.07, 6.45) is 0. The minimum atomic E-state index is -0.797. The molecule has 0 spiro atoms. The molecule has 1 aliphatic heterocycles. The molecule has 1 saturated heterocycles. The third-order valence-corrected chi connectivity index (χ3v) is 4.18. The molecule has 0 radical (unpaired) electrons. The summed E-state index contributed by atoms with van der Waals surface area (Å²) < 4.78 is 5.36. The molecule has 1 aromatic carbocycles. The van der Waals surface area contributed by atoms with Crippen molar-refractivity contribution < 1.29 is 19.7 Å². The van der Waals surface area contributed by atoms with E-state index in [1.54, 1.807) is 0 Å². The van der Waals surface area contributed by atoms with Gasteiger partial charge in [0, 0.05) is 12.6 Å². The summed E-state index contributed by atoms with van der Waals surface area (Å²) in [5.74, 6) is -0.937. The van der Waals surface area contributed by atoms with Crippen LogP contribution in [0.5, 0.6) is 5.75 Å². The van der Waals surface area contributed by atoms with Crippen LogP contribution in [0.1, 0.15) is 23.6 Å². The monoisotopic (exact) mass is 293 g/mol. The summed E-state index contributed by atoms with van der Waals surface area (Å²) in [5.41, 5.74) is 2.78. The highest BCUT2D eigenvalue weighted by Gasteiger charge is 2.37. The summed E-state index contributed by atoms with van der Waals surface area (Å²) >= 11 is 0. The minimum absolute atomic E-state index is 0.0954. The first-order chi connectivity index (χ1) is 9.93. The summed E-state index contributed by atoms with van der Waals surface area (Å²) in [5, 5.41) is 19.1. The number of ether oxygens (including phenoxy) is 1. The van der Waals surface area contributed by atoms with Crippen LogP contribution < -0.4 is 0 Å². The number of aliphatic carboxylic acids is 1. The molecule has 1 aliphatic rings. The molecule has 5 nitrogen and oxygen atoms in total. The molecule has 0 aromatic heterocycles. The lowest BCUT2D eigenvalue weighted by atomic mass is 10.0. The highest BCUT2D eigenvalue weighted by molar-refractivity contribution is 5.71. The number of hydrogen-bond acceptors (Lipinski definition) is 4. The number of hydrogen-bond donors (Lipinski definition) is 2. The van der Waals surface area contributed by atoms with Crippen molar-refractivity contribution in [3.8, 4) is 5.75 Å². The quantitative estimate of drug-likeness (QED) is 0.868. The number of phenolic OH excluding ortho intramolecular Hbond substituents is 1. The zero-order valence-electron chi connectivity index (χ0n) is 12.8. The van der Waals surface area contributed by atoms with Gasteiger partial charge in [-0.2, -0.15) is 0 Å². The predicted molar refractivity (Wildman–Crippen MR) is 79.4 cm³/mol. The maximum atomic E-state index is 11.3. The lowest BCUT2D eigenvalue weighted by Crippen LogP contribution is -2.42. The number of nitrogens with zero attached hydrogens (tertiary/aromatic N) is 1. The summed E-state index contributed by atoms with van der Waals surface area (Å²) in [6, 6.07) is 3.81. The van der Waals surface area contributed by atoms with Gasteiger partial charge in [0.25, 0.3) is 0 Å². The average Bonchev–Trinajstić information content (AvgIpc) is 2.91. The number of carboxylic acid groups (broad SMARTS) is 1. The third kappa shape index (κ3) is 3.36. The number of carbonyl (C=O) groups is 1. The molecule has 5 heteroatoms. The van der Waals surface area contributed by atoms with Crippen molar-refractivity contribution in [3.63, 3.8) is 0 Å². The van der Waals surface area contributed by atoms with E-state index in [0.717, 1.165) is 23.2 Å². The molecule has 1 heterocycles. The largest absolute Gasteiger partial charge is 0.507 e. The van der Waals surface area contributed by atoms with Crippen LogP contribution in [0, 0.1) is 19.8 Å². The summed E-state index contributed by atoms with van der Waals surface area (Å²) in [4.78, 5) is 13.4. The fourth-order valence-corrected chi connectivity index (χ4v) is 2.97. The second-order valence-corrected chi connectivity index (χ2v) is 5.69. The first kappa shape index (κ1) is 15.8. The van der Waals surface area contributed by atoms with Crippen LogP contribution in [-0.4, -0.2) is 46.9 Å². The predicted octanol–water partition coefficient (Wildman–Crippen LogP) is 1.93. The SMILES string of the molecule is CCN(Cc1cc(C)c(O)c(C)c1)C1COCC1C(=O)O. The molecule has 116 valence electrons. The number of carboxylic acids is 1. The van der Waals surface area contributed by atoms with Gasteiger partial charge in [-0.25, -0.2) is 0 Å². The van der Waals surface area contributed by atoms with Crippen LogP contribution >= 0.6 is 0 Å². The van der Waals surface area contributed by atoms with Crippen molar-refractivity contribution in [2.45, 2.75) is 33.4 Å². The summed E-state index contributed by atoms with van der Waals surface area (Å²) in [6.45, 7) is 7.94. The lowest BCUT2D eigenvalue weighted by Gasteiger charge is -2.29. The Bertz CT molecular complexity index is 506. The first-order valence-corrected chi connectivity index (χ1v) is 7.27. The fraction of sp³-hybridized carbons (Fsp3) is 0.562. The van der Waals surface area contributed by atoms with Crippen LogP contribution in [0.3, 0.4) is 0 Å². The lowest BCUT2D eigenvalue weighted by molar-refractivity contribution is -0.143. The van der Waals surface area contributed by atoms with Crippen LogP contribution in [0.4, 0.5) is 0 Å². The molecular formula is C16H23NO4. The third-order valence-electron chi connectivity index (χ3n) is 4.18. The molecule has 2 unspecified atom stereocenters. The van der Waals surface area contributed by atoms with Crippen LogP contribution in [0.2, 0.25) is 0 Å². The molecule has 0 amide bonds. The Balaban J connectivity index is 2.17. The molecule has 1 aromatic rings. The molecule has 0 saturated carbocycles. The standard InChI is InChI=1S/C16H23NO4/c1-4-17(14-9-21-8-13(14)16(19)20)7-12-5-10(2)15(18)11(3)6-12/h5-6,13-14,18H,4,7-9H2,1-3H3,(H,19,20).